The highest BCUT2D eigenvalue weighted by Gasteiger charge is 2.26. The van der Waals surface area contributed by atoms with Gasteiger partial charge in [0.15, 0.2) is 0 Å². The van der Waals surface area contributed by atoms with Crippen molar-refractivity contribution in [3.05, 3.63) is 65.6 Å². The van der Waals surface area contributed by atoms with E-state index in [1.807, 2.05) is 13.8 Å². The molecule has 0 atom stereocenters. The Morgan fingerprint density at radius 2 is 1.71 bits per heavy atom. The lowest BCUT2D eigenvalue weighted by atomic mass is 10.1. The summed E-state index contributed by atoms with van der Waals surface area (Å²) in [7, 11) is -3.98. The first-order valence-electron chi connectivity index (χ1n) is 8.07. The van der Waals surface area contributed by atoms with Gasteiger partial charge in [-0.05, 0) is 38.0 Å². The number of aromatic nitrogens is 1. The Bertz CT molecular complexity index is 973. The van der Waals surface area contributed by atoms with E-state index in [2.05, 4.69) is 0 Å². The number of hydrogen-bond donors (Lipinski definition) is 0. The normalized spacial score (nSPS) is 12.0. The first-order chi connectivity index (χ1) is 11.5. The van der Waals surface area contributed by atoms with E-state index in [-0.39, 0.29) is 4.90 Å². The number of benzene rings is 2. The van der Waals surface area contributed by atoms with Gasteiger partial charge in [0, 0.05) is 10.9 Å². The van der Waals surface area contributed by atoms with Crippen LogP contribution in [-0.2, 0) is 16.4 Å². The number of nitrogens with zero attached hydrogens (tertiary/aromatic N) is 1. The Balaban J connectivity index is 2.25. The number of para-hydroxylation sites is 1. The molecule has 0 aliphatic heterocycles. The maximum Gasteiger partial charge on any atom is 0.270 e. The minimum absolute atomic E-state index is 0.0924. The van der Waals surface area contributed by atoms with E-state index < -0.39 is 16.0 Å². The van der Waals surface area contributed by atoms with Crippen LogP contribution in [0.5, 0.6) is 0 Å². The molecule has 3 rings (SSSR count). The molecule has 0 saturated heterocycles. The van der Waals surface area contributed by atoms with Crippen molar-refractivity contribution in [3.8, 4) is 0 Å². The zero-order valence-corrected chi connectivity index (χ0v) is 14.6. The summed E-state index contributed by atoms with van der Waals surface area (Å²) in [6.07, 6.45) is 2.26. The third-order valence-corrected chi connectivity index (χ3v) is 5.92. The topological polar surface area (TPSA) is 39.1 Å². The van der Waals surface area contributed by atoms with Gasteiger partial charge in [0.05, 0.1) is 10.4 Å². The van der Waals surface area contributed by atoms with E-state index in [1.54, 1.807) is 36.4 Å². The molecule has 1 aromatic heterocycles. The fraction of sp³-hybridized carbons (Fsp3) is 0.263. The van der Waals surface area contributed by atoms with Gasteiger partial charge in [-0.15, -0.1) is 0 Å². The zero-order chi connectivity index (χ0) is 17.3. The molecule has 0 unspecified atom stereocenters. The molecule has 0 amide bonds. The van der Waals surface area contributed by atoms with Gasteiger partial charge in [0.25, 0.3) is 10.0 Å². The van der Waals surface area contributed by atoms with Crippen molar-refractivity contribution in [3.63, 3.8) is 0 Å². The van der Waals surface area contributed by atoms with Crippen LogP contribution in [0.4, 0.5) is 4.39 Å². The van der Waals surface area contributed by atoms with Crippen molar-refractivity contribution in [2.75, 3.05) is 0 Å². The summed E-state index contributed by atoms with van der Waals surface area (Å²) >= 11 is 0. The standard InChI is InChI=1S/C19H20FNO2S/c1-3-4-7-17-16-8-5-6-9-18(16)21(19(17)20)24(22,23)15-12-10-14(2)11-13-15/h5-6,8-13H,3-4,7H2,1-2H3. The molecule has 5 heteroatoms. The largest absolute Gasteiger partial charge is 0.270 e. The zero-order valence-electron chi connectivity index (χ0n) is 13.8. The fourth-order valence-electron chi connectivity index (χ4n) is 2.89. The Labute approximate surface area is 141 Å². The highest BCUT2D eigenvalue weighted by Crippen LogP contribution is 2.30. The van der Waals surface area contributed by atoms with Gasteiger partial charge < -0.3 is 0 Å². The van der Waals surface area contributed by atoms with Crippen molar-refractivity contribution in [2.45, 2.75) is 38.0 Å². The van der Waals surface area contributed by atoms with Crippen LogP contribution >= 0.6 is 0 Å². The van der Waals surface area contributed by atoms with Crippen molar-refractivity contribution in [1.29, 1.82) is 0 Å². The molecule has 1 heterocycles. The van der Waals surface area contributed by atoms with E-state index >= 15 is 4.39 Å². The average Bonchev–Trinajstić information content (AvgIpc) is 2.85. The fourth-order valence-corrected chi connectivity index (χ4v) is 4.32. The quantitative estimate of drug-likeness (QED) is 0.674. The van der Waals surface area contributed by atoms with Crippen molar-refractivity contribution < 1.29 is 12.8 Å². The number of aryl methyl sites for hydroxylation is 2. The molecule has 0 aliphatic rings. The lowest BCUT2D eigenvalue weighted by molar-refractivity contribution is 0.535. The first-order valence-corrected chi connectivity index (χ1v) is 9.51. The van der Waals surface area contributed by atoms with Gasteiger partial charge in [-0.25, -0.2) is 12.4 Å². The van der Waals surface area contributed by atoms with E-state index in [4.69, 9.17) is 0 Å². The monoisotopic (exact) mass is 345 g/mol. The Morgan fingerprint density at radius 1 is 1.04 bits per heavy atom. The molecule has 3 aromatic rings. The highest BCUT2D eigenvalue weighted by molar-refractivity contribution is 7.90. The van der Waals surface area contributed by atoms with E-state index in [9.17, 15) is 8.42 Å². The van der Waals surface area contributed by atoms with Gasteiger partial charge in [-0.1, -0.05) is 49.2 Å². The van der Waals surface area contributed by atoms with Crippen LogP contribution < -0.4 is 0 Å². The molecular formula is C19H20FNO2S. The van der Waals surface area contributed by atoms with Crippen molar-refractivity contribution >= 4 is 20.9 Å². The van der Waals surface area contributed by atoms with Gasteiger partial charge in [-0.3, -0.25) is 0 Å². The van der Waals surface area contributed by atoms with Crippen LogP contribution in [-0.4, -0.2) is 12.4 Å². The van der Waals surface area contributed by atoms with Crippen LogP contribution in [0.15, 0.2) is 53.4 Å². The number of halogens is 1. The summed E-state index contributed by atoms with van der Waals surface area (Å²) < 4.78 is 41.9. The SMILES string of the molecule is CCCCc1c(F)n(S(=O)(=O)c2ccc(C)cc2)c2ccccc12. The predicted octanol–water partition coefficient (Wildman–Crippen LogP) is 4.67. The molecule has 3 nitrogen and oxygen atoms in total. The maximum absolute atomic E-state index is 15.1. The summed E-state index contributed by atoms with van der Waals surface area (Å²) in [5.74, 6) is -0.676. The number of unbranched alkanes of at least 4 members (excludes halogenated alkanes) is 1. The van der Waals surface area contributed by atoms with E-state index in [0.29, 0.717) is 22.9 Å². The first kappa shape index (κ1) is 16.7. The van der Waals surface area contributed by atoms with Crippen molar-refractivity contribution in [2.24, 2.45) is 0 Å². The van der Waals surface area contributed by atoms with Crippen LogP contribution in [0.1, 0.15) is 30.9 Å². The van der Waals surface area contributed by atoms with Crippen molar-refractivity contribution in [1.82, 2.24) is 3.97 Å². The lowest BCUT2D eigenvalue weighted by Crippen LogP contribution is -2.15. The Morgan fingerprint density at radius 3 is 2.38 bits per heavy atom. The van der Waals surface area contributed by atoms with E-state index in [1.165, 1.54) is 12.1 Å². The van der Waals surface area contributed by atoms with Gasteiger partial charge in [0.2, 0.25) is 5.95 Å². The molecule has 0 fully saturated rings. The van der Waals surface area contributed by atoms with Crippen LogP contribution in [0, 0.1) is 12.9 Å². The number of fused-ring (bicyclic) bond motifs is 1. The minimum Gasteiger partial charge on any atom is -0.208 e. The third kappa shape index (κ3) is 2.73. The minimum atomic E-state index is -3.98. The summed E-state index contributed by atoms with van der Waals surface area (Å²) in [5, 5.41) is 0.666. The Kier molecular flexibility index (Phi) is 4.45. The summed E-state index contributed by atoms with van der Waals surface area (Å²) in [4.78, 5) is 0.0924. The Hall–Kier alpha value is -2.14. The number of rotatable bonds is 5. The van der Waals surface area contributed by atoms with Gasteiger partial charge >= 0.3 is 0 Å². The second-order valence-corrected chi connectivity index (χ2v) is 7.76. The molecule has 2 aromatic carbocycles. The molecule has 0 radical (unpaired) electrons. The summed E-state index contributed by atoms with van der Waals surface area (Å²) in [6.45, 7) is 3.91. The second-order valence-electron chi connectivity index (χ2n) is 5.97. The second kappa shape index (κ2) is 6.40. The number of hydrogen-bond acceptors (Lipinski definition) is 2. The lowest BCUT2D eigenvalue weighted by Gasteiger charge is -2.08. The van der Waals surface area contributed by atoms with Crippen LogP contribution in [0.2, 0.25) is 0 Å². The maximum atomic E-state index is 15.1. The summed E-state index contributed by atoms with van der Waals surface area (Å²) in [6, 6.07) is 13.4. The molecule has 0 N–H and O–H groups in total. The van der Waals surface area contributed by atoms with Gasteiger partial charge in [0.1, 0.15) is 0 Å². The average molecular weight is 345 g/mol. The molecule has 0 spiro atoms. The molecule has 126 valence electrons. The summed E-state index contributed by atoms with van der Waals surface area (Å²) in [5.41, 5.74) is 1.82. The predicted molar refractivity (Wildman–Crippen MR) is 94.3 cm³/mol. The molecule has 0 saturated carbocycles. The smallest absolute Gasteiger partial charge is 0.208 e. The highest BCUT2D eigenvalue weighted by atomic mass is 32.2. The third-order valence-electron chi connectivity index (χ3n) is 4.21. The molecule has 24 heavy (non-hydrogen) atoms. The van der Waals surface area contributed by atoms with E-state index in [0.717, 1.165) is 22.4 Å². The molecular weight excluding hydrogens is 325 g/mol. The van der Waals surface area contributed by atoms with Crippen LogP contribution in [0.25, 0.3) is 10.9 Å². The molecule has 0 bridgehead atoms. The van der Waals surface area contributed by atoms with Gasteiger partial charge in [-0.2, -0.15) is 4.39 Å². The molecule has 0 aliphatic carbocycles. The van der Waals surface area contributed by atoms with Crippen LogP contribution in [0.3, 0.4) is 0 Å².